The number of rotatable bonds is 5. The average Bonchev–Trinajstić information content (AvgIpc) is 2.02. The van der Waals surface area contributed by atoms with Crippen LogP contribution in [0.5, 0.6) is 0 Å². The van der Waals surface area contributed by atoms with Crippen molar-refractivity contribution in [3.63, 3.8) is 0 Å². The van der Waals surface area contributed by atoms with E-state index in [4.69, 9.17) is 0 Å². The number of allylic oxidation sites excluding steroid dienone is 2. The van der Waals surface area contributed by atoms with Gasteiger partial charge in [0.25, 0.3) is 0 Å². The summed E-state index contributed by atoms with van der Waals surface area (Å²) in [6.45, 7) is 4.96. The zero-order valence-corrected chi connectivity index (χ0v) is 8.87. The lowest BCUT2D eigenvalue weighted by molar-refractivity contribution is -0.111. The predicted octanol–water partition coefficient (Wildman–Crippen LogP) is 1.15. The molecule has 0 bridgehead atoms. The summed E-state index contributed by atoms with van der Waals surface area (Å²) in [4.78, 5) is 17.2. The smallest absolute Gasteiger partial charge is 0.177 e. The Bertz CT molecular complexity index is 217. The molecule has 0 aromatic heterocycles. The number of Topliss-reactive ketones (excluding diaryl/α,β-unsaturated/α-hetero) is 1. The molecule has 0 aliphatic carbocycles. The molecule has 0 radical (unpaired) electrons. The number of likely N-dealkylation sites (N-methyl/N-ethyl adjacent to an activating group) is 1. The number of aliphatic imine (C=N–C) groups is 1. The highest BCUT2D eigenvalue weighted by Crippen LogP contribution is 1.87. The number of hydrogen-bond donors (Lipinski definition) is 0. The van der Waals surface area contributed by atoms with Crippen LogP contribution in [0.15, 0.2) is 17.1 Å². The molecule has 0 amide bonds. The van der Waals surface area contributed by atoms with Gasteiger partial charge in [-0.3, -0.25) is 9.79 Å². The first kappa shape index (κ1) is 12.0. The topological polar surface area (TPSA) is 32.7 Å². The number of carbonyl (C=O) groups is 1. The molecule has 0 saturated heterocycles. The molecular formula is C10H18N2O. The highest BCUT2D eigenvalue weighted by Gasteiger charge is 1.99. The van der Waals surface area contributed by atoms with Crippen LogP contribution in [0, 0.1) is 0 Å². The minimum Gasteiger partial charge on any atom is -0.308 e. The van der Waals surface area contributed by atoms with Crippen molar-refractivity contribution in [2.45, 2.75) is 13.8 Å². The Morgan fingerprint density at radius 2 is 2.08 bits per heavy atom. The van der Waals surface area contributed by atoms with E-state index in [0.717, 1.165) is 6.54 Å². The summed E-state index contributed by atoms with van der Waals surface area (Å²) in [5.74, 6) is 0.0249. The Labute approximate surface area is 80.2 Å². The van der Waals surface area contributed by atoms with Crippen molar-refractivity contribution in [2.75, 3.05) is 27.2 Å². The molecule has 0 aromatic carbocycles. The fourth-order valence-electron chi connectivity index (χ4n) is 0.810. The predicted molar refractivity (Wildman–Crippen MR) is 56.4 cm³/mol. The van der Waals surface area contributed by atoms with E-state index in [9.17, 15) is 4.79 Å². The van der Waals surface area contributed by atoms with E-state index in [2.05, 4.69) is 4.99 Å². The van der Waals surface area contributed by atoms with Gasteiger partial charge in [-0.05, 0) is 27.1 Å². The van der Waals surface area contributed by atoms with Crippen LogP contribution in [0.25, 0.3) is 0 Å². The number of ketones is 1. The third-order valence-electron chi connectivity index (χ3n) is 1.51. The first-order valence-electron chi connectivity index (χ1n) is 4.40. The highest BCUT2D eigenvalue weighted by atomic mass is 16.1. The minimum atomic E-state index is 0.0249. The van der Waals surface area contributed by atoms with E-state index in [-0.39, 0.29) is 5.78 Å². The molecule has 3 heteroatoms. The second-order valence-corrected chi connectivity index (χ2v) is 3.13. The van der Waals surface area contributed by atoms with Crippen LogP contribution >= 0.6 is 0 Å². The third kappa shape index (κ3) is 6.22. The second-order valence-electron chi connectivity index (χ2n) is 3.13. The maximum atomic E-state index is 11.0. The van der Waals surface area contributed by atoms with Crippen LogP contribution in [0.2, 0.25) is 0 Å². The monoisotopic (exact) mass is 182 g/mol. The van der Waals surface area contributed by atoms with Gasteiger partial charge in [-0.1, -0.05) is 6.08 Å². The van der Waals surface area contributed by atoms with Gasteiger partial charge < -0.3 is 4.90 Å². The van der Waals surface area contributed by atoms with Gasteiger partial charge >= 0.3 is 0 Å². The maximum absolute atomic E-state index is 11.0. The van der Waals surface area contributed by atoms with Crippen molar-refractivity contribution < 1.29 is 4.79 Å². The quantitative estimate of drug-likeness (QED) is 0.598. The van der Waals surface area contributed by atoms with Crippen LogP contribution in [-0.4, -0.2) is 43.6 Å². The summed E-state index contributed by atoms with van der Waals surface area (Å²) >= 11 is 0. The highest BCUT2D eigenvalue weighted by molar-refractivity contribution is 6.43. The Hall–Kier alpha value is -0.960. The summed E-state index contributed by atoms with van der Waals surface area (Å²) in [6, 6.07) is 0. The normalized spacial score (nSPS) is 12.8. The Morgan fingerprint density at radius 1 is 1.46 bits per heavy atom. The number of hydrogen-bond acceptors (Lipinski definition) is 3. The van der Waals surface area contributed by atoms with Gasteiger partial charge in [-0.2, -0.15) is 0 Å². The van der Waals surface area contributed by atoms with Crippen molar-refractivity contribution in [3.8, 4) is 0 Å². The van der Waals surface area contributed by atoms with Gasteiger partial charge in [0.05, 0.1) is 12.3 Å². The largest absolute Gasteiger partial charge is 0.308 e. The lowest BCUT2D eigenvalue weighted by atomic mass is 10.2. The van der Waals surface area contributed by atoms with Gasteiger partial charge in [0.15, 0.2) is 5.78 Å². The molecule has 3 nitrogen and oxygen atoms in total. The summed E-state index contributed by atoms with van der Waals surface area (Å²) in [5, 5.41) is 0. The van der Waals surface area contributed by atoms with Crippen LogP contribution < -0.4 is 0 Å². The number of carbonyl (C=O) groups excluding carboxylic acids is 1. The molecule has 0 N–H and O–H groups in total. The van der Waals surface area contributed by atoms with E-state index < -0.39 is 0 Å². The Kier molecular flexibility index (Phi) is 6.06. The van der Waals surface area contributed by atoms with Crippen molar-refractivity contribution in [2.24, 2.45) is 4.99 Å². The van der Waals surface area contributed by atoms with E-state index in [0.29, 0.717) is 12.3 Å². The van der Waals surface area contributed by atoms with Crippen molar-refractivity contribution in [1.29, 1.82) is 0 Å². The summed E-state index contributed by atoms with van der Waals surface area (Å²) in [6.07, 6.45) is 3.58. The standard InChI is InChI=1S/C10H18N2O/c1-5-6-10(9(2)13)11-7-8-12(3)4/h5-6H,7-8H2,1-4H3. The third-order valence-corrected chi connectivity index (χ3v) is 1.51. The zero-order chi connectivity index (χ0) is 10.3. The maximum Gasteiger partial charge on any atom is 0.177 e. The van der Waals surface area contributed by atoms with Gasteiger partial charge in [0.2, 0.25) is 0 Å². The molecule has 0 aromatic rings. The van der Waals surface area contributed by atoms with E-state index in [1.165, 1.54) is 6.92 Å². The van der Waals surface area contributed by atoms with Crippen LogP contribution in [0.3, 0.4) is 0 Å². The van der Waals surface area contributed by atoms with Crippen molar-refractivity contribution >= 4 is 11.5 Å². The lowest BCUT2D eigenvalue weighted by Gasteiger charge is -2.06. The van der Waals surface area contributed by atoms with Crippen molar-refractivity contribution in [3.05, 3.63) is 12.2 Å². The summed E-state index contributed by atoms with van der Waals surface area (Å²) < 4.78 is 0. The van der Waals surface area contributed by atoms with Crippen molar-refractivity contribution in [1.82, 2.24) is 4.90 Å². The molecular weight excluding hydrogens is 164 g/mol. The first-order chi connectivity index (χ1) is 6.07. The molecule has 0 saturated carbocycles. The molecule has 0 aliphatic heterocycles. The summed E-state index contributed by atoms with van der Waals surface area (Å²) in [5.41, 5.74) is 0.560. The molecule has 0 spiro atoms. The lowest BCUT2D eigenvalue weighted by Crippen LogP contribution is -2.17. The van der Waals surface area contributed by atoms with E-state index >= 15 is 0 Å². The molecule has 13 heavy (non-hydrogen) atoms. The SMILES string of the molecule is CC=CC(=NCCN(C)C)C(C)=O. The minimum absolute atomic E-state index is 0.0249. The molecule has 0 fully saturated rings. The zero-order valence-electron chi connectivity index (χ0n) is 8.87. The first-order valence-corrected chi connectivity index (χ1v) is 4.40. The Balaban J connectivity index is 4.12. The van der Waals surface area contributed by atoms with Crippen LogP contribution in [-0.2, 0) is 4.79 Å². The second kappa shape index (κ2) is 6.54. The molecule has 0 rings (SSSR count). The fraction of sp³-hybridized carbons (Fsp3) is 0.600. The summed E-state index contributed by atoms with van der Waals surface area (Å²) in [7, 11) is 3.97. The van der Waals surface area contributed by atoms with Crippen LogP contribution in [0.1, 0.15) is 13.8 Å². The average molecular weight is 182 g/mol. The molecule has 0 atom stereocenters. The fourth-order valence-corrected chi connectivity index (χ4v) is 0.810. The number of nitrogens with zero attached hydrogens (tertiary/aromatic N) is 2. The molecule has 0 heterocycles. The van der Waals surface area contributed by atoms with Crippen LogP contribution in [0.4, 0.5) is 0 Å². The molecule has 74 valence electrons. The molecule has 0 unspecified atom stereocenters. The Morgan fingerprint density at radius 3 is 2.46 bits per heavy atom. The molecule has 0 aliphatic rings. The van der Waals surface area contributed by atoms with Gasteiger partial charge in [-0.15, -0.1) is 0 Å². The van der Waals surface area contributed by atoms with E-state index in [1.807, 2.05) is 32.0 Å². The van der Waals surface area contributed by atoms with Gasteiger partial charge in [-0.25, -0.2) is 0 Å². The van der Waals surface area contributed by atoms with Gasteiger partial charge in [0, 0.05) is 13.5 Å². The van der Waals surface area contributed by atoms with E-state index in [1.54, 1.807) is 6.08 Å². The van der Waals surface area contributed by atoms with Gasteiger partial charge in [0.1, 0.15) is 0 Å².